The molecule has 148 valence electrons. The van der Waals surface area contributed by atoms with E-state index in [2.05, 4.69) is 21.4 Å². The maximum atomic E-state index is 12.7. The lowest BCUT2D eigenvalue weighted by Crippen LogP contribution is -2.41. The van der Waals surface area contributed by atoms with Gasteiger partial charge >= 0.3 is 0 Å². The lowest BCUT2D eigenvalue weighted by Gasteiger charge is -2.36. The van der Waals surface area contributed by atoms with Crippen LogP contribution in [0.1, 0.15) is 41.9 Å². The Kier molecular flexibility index (Phi) is 5.92. The van der Waals surface area contributed by atoms with Crippen LogP contribution in [0.4, 0.5) is 5.95 Å². The zero-order valence-corrected chi connectivity index (χ0v) is 16.9. The molecular weight excluding hydrogens is 354 g/mol. The molecule has 0 unspecified atom stereocenters. The number of nitrogens with one attached hydrogen (secondary N) is 1. The first-order valence-electron chi connectivity index (χ1n) is 9.48. The number of hydrogen-bond acceptors (Lipinski definition) is 5. The van der Waals surface area contributed by atoms with Crippen molar-refractivity contribution in [2.75, 3.05) is 25.5 Å². The average Bonchev–Trinajstić information content (AvgIpc) is 2.66. The standard InChI is InChI=1S/C21H27N5O2/c1-14-11-17(24-21(23-14)25(3)4)13-22-20(28)12-19-18-8-6-5-7-16(18)9-10-26(19)15(2)27/h5-8,11,19H,9-10,12-13H2,1-4H3,(H,22,28)/t19-/m1/s1. The monoisotopic (exact) mass is 381 g/mol. The lowest BCUT2D eigenvalue weighted by atomic mass is 9.90. The van der Waals surface area contributed by atoms with Crippen LogP contribution in [0.3, 0.4) is 0 Å². The van der Waals surface area contributed by atoms with Crippen LogP contribution in [0.15, 0.2) is 30.3 Å². The van der Waals surface area contributed by atoms with Gasteiger partial charge in [-0.2, -0.15) is 0 Å². The molecule has 28 heavy (non-hydrogen) atoms. The molecule has 7 nitrogen and oxygen atoms in total. The van der Waals surface area contributed by atoms with Crippen molar-refractivity contribution in [3.8, 4) is 0 Å². The summed E-state index contributed by atoms with van der Waals surface area (Å²) in [6.45, 7) is 4.44. The maximum Gasteiger partial charge on any atom is 0.225 e. The fourth-order valence-corrected chi connectivity index (χ4v) is 3.59. The fourth-order valence-electron chi connectivity index (χ4n) is 3.59. The van der Waals surface area contributed by atoms with Crippen molar-refractivity contribution in [2.45, 2.75) is 39.3 Å². The normalized spacial score (nSPS) is 15.7. The highest BCUT2D eigenvalue weighted by molar-refractivity contribution is 5.79. The Hall–Kier alpha value is -2.96. The van der Waals surface area contributed by atoms with Crippen molar-refractivity contribution in [3.63, 3.8) is 0 Å². The van der Waals surface area contributed by atoms with Gasteiger partial charge in [0.25, 0.3) is 0 Å². The number of fused-ring (bicyclic) bond motifs is 1. The molecule has 0 saturated carbocycles. The molecule has 0 fully saturated rings. The van der Waals surface area contributed by atoms with E-state index in [0.717, 1.165) is 23.4 Å². The molecule has 2 amide bonds. The molecule has 1 atom stereocenters. The zero-order chi connectivity index (χ0) is 20.3. The van der Waals surface area contributed by atoms with Crippen LogP contribution in [0.5, 0.6) is 0 Å². The van der Waals surface area contributed by atoms with Crippen LogP contribution in [0, 0.1) is 6.92 Å². The van der Waals surface area contributed by atoms with E-state index in [1.54, 1.807) is 11.8 Å². The van der Waals surface area contributed by atoms with Gasteiger partial charge in [0, 0.05) is 33.3 Å². The molecule has 0 saturated heterocycles. The minimum atomic E-state index is -0.230. The lowest BCUT2D eigenvalue weighted by molar-refractivity contribution is -0.133. The zero-order valence-electron chi connectivity index (χ0n) is 16.9. The quantitative estimate of drug-likeness (QED) is 0.857. The number of nitrogens with zero attached hydrogens (tertiary/aromatic N) is 4. The molecule has 0 radical (unpaired) electrons. The summed E-state index contributed by atoms with van der Waals surface area (Å²) in [6, 6.07) is 9.68. The van der Waals surface area contributed by atoms with E-state index >= 15 is 0 Å². The fraction of sp³-hybridized carbons (Fsp3) is 0.429. The Balaban J connectivity index is 1.71. The van der Waals surface area contributed by atoms with Crippen LogP contribution >= 0.6 is 0 Å². The topological polar surface area (TPSA) is 78.4 Å². The smallest absolute Gasteiger partial charge is 0.225 e. The third-order valence-corrected chi connectivity index (χ3v) is 4.96. The number of carbonyl (C=O) groups is 2. The van der Waals surface area contributed by atoms with E-state index in [0.29, 0.717) is 19.0 Å². The molecule has 0 bridgehead atoms. The van der Waals surface area contributed by atoms with Crippen LogP contribution < -0.4 is 10.2 Å². The maximum absolute atomic E-state index is 12.7. The molecule has 1 aromatic carbocycles. The predicted octanol–water partition coefficient (Wildman–Crippen LogP) is 2.00. The number of amides is 2. The molecular formula is C21H27N5O2. The molecule has 7 heteroatoms. The van der Waals surface area contributed by atoms with E-state index in [1.807, 2.05) is 50.2 Å². The number of benzene rings is 1. The highest BCUT2D eigenvalue weighted by Gasteiger charge is 2.30. The van der Waals surface area contributed by atoms with E-state index in [4.69, 9.17) is 0 Å². The van der Waals surface area contributed by atoms with Gasteiger partial charge in [-0.1, -0.05) is 24.3 Å². The number of aromatic nitrogens is 2. The highest BCUT2D eigenvalue weighted by Crippen LogP contribution is 2.32. The summed E-state index contributed by atoms with van der Waals surface area (Å²) in [6.07, 6.45) is 1.06. The van der Waals surface area contributed by atoms with Gasteiger partial charge in [0.05, 0.1) is 24.7 Å². The first-order valence-corrected chi connectivity index (χ1v) is 9.48. The summed E-state index contributed by atoms with van der Waals surface area (Å²) in [7, 11) is 3.77. The minimum Gasteiger partial charge on any atom is -0.350 e. The Bertz CT molecular complexity index is 881. The van der Waals surface area contributed by atoms with Crippen molar-refractivity contribution >= 4 is 17.8 Å². The van der Waals surface area contributed by atoms with Crippen molar-refractivity contribution < 1.29 is 9.59 Å². The second-order valence-corrected chi connectivity index (χ2v) is 7.35. The number of aryl methyl sites for hydroxylation is 1. The molecule has 0 spiro atoms. The minimum absolute atomic E-state index is 0.00523. The molecule has 1 aliphatic heterocycles. The van der Waals surface area contributed by atoms with Gasteiger partial charge in [0.1, 0.15) is 0 Å². The van der Waals surface area contributed by atoms with E-state index in [9.17, 15) is 9.59 Å². The van der Waals surface area contributed by atoms with Crippen LogP contribution in [-0.4, -0.2) is 47.3 Å². The average molecular weight is 381 g/mol. The largest absolute Gasteiger partial charge is 0.350 e. The molecule has 3 rings (SSSR count). The first-order chi connectivity index (χ1) is 13.3. The van der Waals surface area contributed by atoms with Crippen molar-refractivity contribution in [1.29, 1.82) is 0 Å². The molecule has 1 N–H and O–H groups in total. The molecule has 2 heterocycles. The Morgan fingerprint density at radius 3 is 2.71 bits per heavy atom. The molecule has 0 aliphatic carbocycles. The molecule has 1 aliphatic rings. The number of anilines is 1. The van der Waals surface area contributed by atoms with Gasteiger partial charge < -0.3 is 15.1 Å². The number of carbonyl (C=O) groups excluding carboxylic acids is 2. The Labute approximate surface area is 165 Å². The summed E-state index contributed by atoms with van der Waals surface area (Å²) in [5.74, 6) is 0.512. The van der Waals surface area contributed by atoms with Crippen LogP contribution in [0.25, 0.3) is 0 Å². The van der Waals surface area contributed by atoms with E-state index in [1.165, 1.54) is 5.56 Å². The Morgan fingerprint density at radius 2 is 2.00 bits per heavy atom. The summed E-state index contributed by atoms with van der Waals surface area (Å²) in [5, 5.41) is 2.94. The van der Waals surface area contributed by atoms with Gasteiger partial charge in [-0.25, -0.2) is 9.97 Å². The van der Waals surface area contributed by atoms with Gasteiger partial charge in [0.15, 0.2) is 0 Å². The second-order valence-electron chi connectivity index (χ2n) is 7.35. The van der Waals surface area contributed by atoms with Crippen LogP contribution in [0.2, 0.25) is 0 Å². The summed E-state index contributed by atoms with van der Waals surface area (Å²) < 4.78 is 0. The van der Waals surface area contributed by atoms with E-state index < -0.39 is 0 Å². The third-order valence-electron chi connectivity index (χ3n) is 4.96. The second kappa shape index (κ2) is 8.37. The summed E-state index contributed by atoms with van der Waals surface area (Å²) in [5.41, 5.74) is 3.88. The van der Waals surface area contributed by atoms with Gasteiger partial charge in [-0.3, -0.25) is 9.59 Å². The van der Waals surface area contributed by atoms with Gasteiger partial charge in [0.2, 0.25) is 17.8 Å². The molecule has 2 aromatic rings. The van der Waals surface area contributed by atoms with Gasteiger partial charge in [-0.15, -0.1) is 0 Å². The van der Waals surface area contributed by atoms with Crippen molar-refractivity contribution in [3.05, 3.63) is 52.8 Å². The Morgan fingerprint density at radius 1 is 1.25 bits per heavy atom. The SMILES string of the molecule is CC(=O)N1CCc2ccccc2[C@H]1CC(=O)NCc1cc(C)nc(N(C)C)n1. The van der Waals surface area contributed by atoms with E-state index in [-0.39, 0.29) is 24.3 Å². The van der Waals surface area contributed by atoms with Gasteiger partial charge in [-0.05, 0) is 30.5 Å². The predicted molar refractivity (Wildman–Crippen MR) is 108 cm³/mol. The summed E-state index contributed by atoms with van der Waals surface area (Å²) in [4.78, 5) is 37.2. The third kappa shape index (κ3) is 4.47. The van der Waals surface area contributed by atoms with Crippen LogP contribution in [-0.2, 0) is 22.6 Å². The van der Waals surface area contributed by atoms with Crippen molar-refractivity contribution in [2.24, 2.45) is 0 Å². The highest BCUT2D eigenvalue weighted by atomic mass is 16.2. The van der Waals surface area contributed by atoms with Crippen molar-refractivity contribution in [1.82, 2.24) is 20.2 Å². The number of rotatable bonds is 5. The first kappa shape index (κ1) is 19.8. The summed E-state index contributed by atoms with van der Waals surface area (Å²) >= 11 is 0. The number of hydrogen-bond donors (Lipinski definition) is 1. The molecule has 1 aromatic heterocycles.